The molecule has 2 aromatic rings. The molecule has 0 aliphatic heterocycles. The third-order valence-electron chi connectivity index (χ3n) is 2.71. The Morgan fingerprint density at radius 2 is 2.12 bits per heavy atom. The summed E-state index contributed by atoms with van der Waals surface area (Å²) in [7, 11) is 1.97. The third-order valence-corrected chi connectivity index (χ3v) is 5.00. The lowest BCUT2D eigenvalue weighted by atomic mass is 10.0. The van der Waals surface area contributed by atoms with Crippen molar-refractivity contribution in [3.63, 3.8) is 0 Å². The fourth-order valence-corrected chi connectivity index (χ4v) is 3.61. The zero-order valence-corrected chi connectivity index (χ0v) is 12.6. The maximum absolute atomic E-state index is 6.23. The summed E-state index contributed by atoms with van der Waals surface area (Å²) in [6, 6.07) is 10.3. The van der Waals surface area contributed by atoms with Crippen molar-refractivity contribution in [1.29, 1.82) is 0 Å². The van der Waals surface area contributed by atoms with E-state index in [0.29, 0.717) is 0 Å². The highest BCUT2D eigenvalue weighted by atomic mass is 79.9. The molecule has 1 nitrogen and oxygen atoms in total. The number of hydrogen-bond donors (Lipinski definition) is 1. The fraction of sp³-hybridized carbons (Fsp3) is 0.231. The molecule has 0 saturated carbocycles. The summed E-state index contributed by atoms with van der Waals surface area (Å²) in [4.78, 5) is 1.34. The van der Waals surface area contributed by atoms with Gasteiger partial charge in [0.1, 0.15) is 0 Å². The number of thiophene rings is 1. The van der Waals surface area contributed by atoms with Crippen LogP contribution < -0.4 is 5.32 Å². The van der Waals surface area contributed by atoms with Crippen molar-refractivity contribution >= 4 is 38.9 Å². The van der Waals surface area contributed by atoms with Gasteiger partial charge in [-0.1, -0.05) is 29.8 Å². The number of benzene rings is 1. The number of hydrogen-bond acceptors (Lipinski definition) is 2. The van der Waals surface area contributed by atoms with Crippen LogP contribution in [0.15, 0.2) is 40.2 Å². The van der Waals surface area contributed by atoms with Gasteiger partial charge in [-0.2, -0.15) is 0 Å². The lowest BCUT2D eigenvalue weighted by Crippen LogP contribution is -2.18. The predicted octanol–water partition coefficient (Wildman–Crippen LogP) is 4.67. The maximum Gasteiger partial charge on any atom is 0.0453 e. The molecule has 0 spiro atoms. The van der Waals surface area contributed by atoms with Crippen LogP contribution in [0.3, 0.4) is 0 Å². The van der Waals surface area contributed by atoms with Gasteiger partial charge in [-0.25, -0.2) is 0 Å². The zero-order chi connectivity index (χ0) is 12.3. The molecule has 1 unspecified atom stereocenters. The van der Waals surface area contributed by atoms with Crippen molar-refractivity contribution in [2.45, 2.75) is 12.5 Å². The Labute approximate surface area is 119 Å². The molecule has 17 heavy (non-hydrogen) atoms. The molecule has 0 aliphatic carbocycles. The molecule has 0 fully saturated rings. The lowest BCUT2D eigenvalue weighted by molar-refractivity contribution is 0.596. The normalized spacial score (nSPS) is 12.6. The molecule has 0 radical (unpaired) electrons. The lowest BCUT2D eigenvalue weighted by Gasteiger charge is -2.17. The molecule has 1 aromatic heterocycles. The highest BCUT2D eigenvalue weighted by Gasteiger charge is 2.15. The van der Waals surface area contributed by atoms with Gasteiger partial charge in [-0.3, -0.25) is 0 Å². The molecule has 2 rings (SSSR count). The monoisotopic (exact) mass is 329 g/mol. The van der Waals surface area contributed by atoms with Gasteiger partial charge in [-0.15, -0.1) is 11.3 Å². The van der Waals surface area contributed by atoms with Crippen LogP contribution in [0.4, 0.5) is 0 Å². The number of likely N-dealkylation sites (N-methyl/N-ethyl adjacent to an activating group) is 1. The van der Waals surface area contributed by atoms with Gasteiger partial charge in [0.25, 0.3) is 0 Å². The van der Waals surface area contributed by atoms with Gasteiger partial charge in [0.15, 0.2) is 0 Å². The second-order valence-electron chi connectivity index (χ2n) is 3.76. The summed E-state index contributed by atoms with van der Waals surface area (Å²) in [6.07, 6.45) is 0.943. The van der Waals surface area contributed by atoms with Gasteiger partial charge in [0.05, 0.1) is 0 Å². The van der Waals surface area contributed by atoms with Crippen LogP contribution in [0.1, 0.15) is 16.5 Å². The standard InChI is InChI=1S/C13H13BrClNS/c1-16-12(8-13-10(14)6-7-17-13)9-4-2-3-5-11(9)15/h2-7,12,16H,8H2,1H3. The average molecular weight is 331 g/mol. The molecule has 0 aliphatic rings. The van der Waals surface area contributed by atoms with Crippen molar-refractivity contribution in [2.24, 2.45) is 0 Å². The minimum atomic E-state index is 0.249. The molecule has 1 heterocycles. The van der Waals surface area contributed by atoms with E-state index in [1.54, 1.807) is 11.3 Å². The molecule has 90 valence electrons. The summed E-state index contributed by atoms with van der Waals surface area (Å²) in [5.74, 6) is 0. The molecular formula is C13H13BrClNS. The second kappa shape index (κ2) is 6.01. The van der Waals surface area contributed by atoms with Crippen LogP contribution in [-0.4, -0.2) is 7.05 Å². The van der Waals surface area contributed by atoms with E-state index < -0.39 is 0 Å². The van der Waals surface area contributed by atoms with Crippen LogP contribution in [0, 0.1) is 0 Å². The van der Waals surface area contributed by atoms with Gasteiger partial charge in [0.2, 0.25) is 0 Å². The van der Waals surface area contributed by atoms with Crippen LogP contribution >= 0.6 is 38.9 Å². The number of nitrogens with one attached hydrogen (secondary N) is 1. The maximum atomic E-state index is 6.23. The van der Waals surface area contributed by atoms with Crippen LogP contribution in [0.5, 0.6) is 0 Å². The summed E-state index contributed by atoms with van der Waals surface area (Å²) in [5.41, 5.74) is 1.15. The van der Waals surface area contributed by atoms with Gasteiger partial charge in [-0.05, 0) is 46.1 Å². The largest absolute Gasteiger partial charge is 0.313 e. The quantitative estimate of drug-likeness (QED) is 0.859. The molecule has 0 saturated heterocycles. The summed E-state index contributed by atoms with van der Waals surface area (Å²) in [6.45, 7) is 0. The first-order valence-corrected chi connectivity index (χ1v) is 7.41. The molecular weight excluding hydrogens is 318 g/mol. The van der Waals surface area contributed by atoms with E-state index in [1.165, 1.54) is 9.35 Å². The van der Waals surface area contributed by atoms with E-state index in [2.05, 4.69) is 38.8 Å². The first-order valence-electron chi connectivity index (χ1n) is 5.36. The smallest absolute Gasteiger partial charge is 0.0453 e. The van der Waals surface area contributed by atoms with Gasteiger partial charge in [0, 0.05) is 26.8 Å². The van der Waals surface area contributed by atoms with Crippen molar-refractivity contribution in [3.05, 3.63) is 55.6 Å². The Hall–Kier alpha value is -0.350. The summed E-state index contributed by atoms with van der Waals surface area (Å²) >= 11 is 11.6. The molecule has 1 aromatic carbocycles. The average Bonchev–Trinajstić information content (AvgIpc) is 2.73. The van der Waals surface area contributed by atoms with Gasteiger partial charge < -0.3 is 5.32 Å². The number of rotatable bonds is 4. The van der Waals surface area contributed by atoms with Crippen molar-refractivity contribution in [2.75, 3.05) is 7.05 Å². The summed E-state index contributed by atoms with van der Waals surface area (Å²) in [5, 5.41) is 6.24. The van der Waals surface area contributed by atoms with E-state index in [4.69, 9.17) is 11.6 Å². The van der Waals surface area contributed by atoms with Crippen LogP contribution in [-0.2, 0) is 6.42 Å². The minimum absolute atomic E-state index is 0.249. The highest BCUT2D eigenvalue weighted by Crippen LogP contribution is 2.30. The molecule has 1 N–H and O–H groups in total. The van der Waals surface area contributed by atoms with Crippen LogP contribution in [0.25, 0.3) is 0 Å². The predicted molar refractivity (Wildman–Crippen MR) is 79.0 cm³/mol. The van der Waals surface area contributed by atoms with Crippen molar-refractivity contribution in [1.82, 2.24) is 5.32 Å². The first kappa shape index (κ1) is 13.1. The molecule has 1 atom stereocenters. The molecule has 4 heteroatoms. The zero-order valence-electron chi connectivity index (χ0n) is 9.41. The van der Waals surface area contributed by atoms with Crippen molar-refractivity contribution < 1.29 is 0 Å². The highest BCUT2D eigenvalue weighted by molar-refractivity contribution is 9.10. The van der Waals surface area contributed by atoms with E-state index in [1.807, 2.05) is 25.2 Å². The van der Waals surface area contributed by atoms with Crippen molar-refractivity contribution in [3.8, 4) is 0 Å². The van der Waals surface area contributed by atoms with Crippen LogP contribution in [0.2, 0.25) is 5.02 Å². The Balaban J connectivity index is 2.23. The van der Waals surface area contributed by atoms with E-state index in [9.17, 15) is 0 Å². The molecule has 0 amide bonds. The summed E-state index contributed by atoms with van der Waals surface area (Å²) < 4.78 is 1.18. The third kappa shape index (κ3) is 3.10. The Kier molecular flexibility index (Phi) is 4.62. The Morgan fingerprint density at radius 3 is 2.71 bits per heavy atom. The Morgan fingerprint density at radius 1 is 1.35 bits per heavy atom. The first-order chi connectivity index (χ1) is 8.22. The molecule has 0 bridgehead atoms. The minimum Gasteiger partial charge on any atom is -0.313 e. The fourth-order valence-electron chi connectivity index (χ4n) is 1.78. The topological polar surface area (TPSA) is 12.0 Å². The van der Waals surface area contributed by atoms with E-state index in [0.717, 1.165) is 17.0 Å². The van der Waals surface area contributed by atoms with E-state index >= 15 is 0 Å². The Bertz CT molecular complexity index is 498. The van der Waals surface area contributed by atoms with Gasteiger partial charge >= 0.3 is 0 Å². The second-order valence-corrected chi connectivity index (χ2v) is 6.02. The SMILES string of the molecule is CNC(Cc1sccc1Br)c1ccccc1Cl. The van der Waals surface area contributed by atoms with E-state index in [-0.39, 0.29) is 6.04 Å². The number of halogens is 2.